The molecule has 0 N–H and O–H groups in total. The van der Waals surface area contributed by atoms with Crippen molar-refractivity contribution in [1.82, 2.24) is 0 Å². The molecule has 0 heterocycles. The molecular weight excluding hydrogens is 232 g/mol. The SMILES string of the molecule is C=CCOCCOCC(=O)OCc1ccccc1. The first-order valence-corrected chi connectivity index (χ1v) is 5.79. The van der Waals surface area contributed by atoms with Crippen molar-refractivity contribution in [2.45, 2.75) is 6.61 Å². The molecule has 0 bridgehead atoms. The van der Waals surface area contributed by atoms with E-state index in [2.05, 4.69) is 6.58 Å². The van der Waals surface area contributed by atoms with Crippen LogP contribution in [0, 0.1) is 0 Å². The minimum atomic E-state index is -0.373. The molecule has 0 radical (unpaired) electrons. The predicted molar refractivity (Wildman–Crippen MR) is 68.1 cm³/mol. The number of hydrogen-bond acceptors (Lipinski definition) is 4. The van der Waals surface area contributed by atoms with Crippen LogP contribution in [0.3, 0.4) is 0 Å². The molecule has 0 aromatic heterocycles. The van der Waals surface area contributed by atoms with Crippen molar-refractivity contribution in [3.63, 3.8) is 0 Å². The molecule has 98 valence electrons. The van der Waals surface area contributed by atoms with E-state index in [1.165, 1.54) is 0 Å². The van der Waals surface area contributed by atoms with Gasteiger partial charge >= 0.3 is 5.97 Å². The van der Waals surface area contributed by atoms with Crippen LogP contribution >= 0.6 is 0 Å². The van der Waals surface area contributed by atoms with Crippen LogP contribution in [-0.2, 0) is 25.6 Å². The molecule has 0 amide bonds. The quantitative estimate of drug-likeness (QED) is 0.382. The van der Waals surface area contributed by atoms with Gasteiger partial charge in [0.05, 0.1) is 19.8 Å². The summed E-state index contributed by atoms with van der Waals surface area (Å²) in [5.41, 5.74) is 0.958. The highest BCUT2D eigenvalue weighted by Crippen LogP contribution is 2.00. The van der Waals surface area contributed by atoms with Crippen LogP contribution < -0.4 is 0 Å². The van der Waals surface area contributed by atoms with Gasteiger partial charge in [-0.25, -0.2) is 4.79 Å². The van der Waals surface area contributed by atoms with Crippen molar-refractivity contribution in [3.05, 3.63) is 48.6 Å². The molecule has 0 unspecified atom stereocenters. The first-order chi connectivity index (χ1) is 8.83. The number of benzene rings is 1. The average molecular weight is 250 g/mol. The molecular formula is C14H18O4. The van der Waals surface area contributed by atoms with Gasteiger partial charge in [0.1, 0.15) is 13.2 Å². The van der Waals surface area contributed by atoms with Gasteiger partial charge in [-0.05, 0) is 5.56 Å². The summed E-state index contributed by atoms with van der Waals surface area (Å²) in [5, 5.41) is 0. The minimum absolute atomic E-state index is 0.0513. The summed E-state index contributed by atoms with van der Waals surface area (Å²) < 4.78 is 15.2. The Labute approximate surface area is 107 Å². The number of hydrogen-bond donors (Lipinski definition) is 0. The Morgan fingerprint density at radius 3 is 2.61 bits per heavy atom. The zero-order valence-corrected chi connectivity index (χ0v) is 10.3. The third-order valence-corrected chi connectivity index (χ3v) is 2.07. The molecule has 0 aliphatic carbocycles. The third kappa shape index (κ3) is 6.83. The van der Waals surface area contributed by atoms with E-state index in [0.29, 0.717) is 19.8 Å². The summed E-state index contributed by atoms with van der Waals surface area (Å²) in [7, 11) is 0. The van der Waals surface area contributed by atoms with Gasteiger partial charge in [0, 0.05) is 0 Å². The van der Waals surface area contributed by atoms with Gasteiger partial charge in [-0.15, -0.1) is 6.58 Å². The molecule has 4 heteroatoms. The number of rotatable bonds is 9. The summed E-state index contributed by atoms with van der Waals surface area (Å²) in [4.78, 5) is 11.3. The van der Waals surface area contributed by atoms with Gasteiger partial charge in [-0.1, -0.05) is 36.4 Å². The molecule has 1 aromatic carbocycles. The van der Waals surface area contributed by atoms with E-state index in [9.17, 15) is 4.79 Å². The Morgan fingerprint density at radius 2 is 1.89 bits per heavy atom. The van der Waals surface area contributed by atoms with Crippen LogP contribution in [0.25, 0.3) is 0 Å². The van der Waals surface area contributed by atoms with Crippen LogP contribution in [0.2, 0.25) is 0 Å². The van der Waals surface area contributed by atoms with Crippen LogP contribution in [0.4, 0.5) is 0 Å². The standard InChI is InChI=1S/C14H18O4/c1-2-8-16-9-10-17-12-14(15)18-11-13-6-4-3-5-7-13/h2-7H,1,8-12H2. The first-order valence-electron chi connectivity index (χ1n) is 5.79. The highest BCUT2D eigenvalue weighted by atomic mass is 16.6. The monoisotopic (exact) mass is 250 g/mol. The van der Waals surface area contributed by atoms with Gasteiger partial charge in [-0.3, -0.25) is 0 Å². The van der Waals surface area contributed by atoms with E-state index in [-0.39, 0.29) is 19.2 Å². The second-order valence-electron chi connectivity index (χ2n) is 3.56. The molecule has 0 atom stereocenters. The lowest BCUT2D eigenvalue weighted by Gasteiger charge is -2.06. The molecule has 4 nitrogen and oxygen atoms in total. The minimum Gasteiger partial charge on any atom is -0.459 e. The Morgan fingerprint density at radius 1 is 1.17 bits per heavy atom. The predicted octanol–water partition coefficient (Wildman–Crippen LogP) is 1.95. The number of carbonyl (C=O) groups excluding carboxylic acids is 1. The Kier molecular flexibility index (Phi) is 7.52. The number of carbonyl (C=O) groups is 1. The molecule has 0 aliphatic rings. The lowest BCUT2D eigenvalue weighted by Crippen LogP contribution is -2.15. The van der Waals surface area contributed by atoms with E-state index in [1.807, 2.05) is 30.3 Å². The van der Waals surface area contributed by atoms with E-state index >= 15 is 0 Å². The summed E-state index contributed by atoms with van der Waals surface area (Å²) in [6.45, 7) is 5.04. The smallest absolute Gasteiger partial charge is 0.332 e. The van der Waals surface area contributed by atoms with Crippen molar-refractivity contribution in [2.24, 2.45) is 0 Å². The molecule has 18 heavy (non-hydrogen) atoms. The van der Waals surface area contributed by atoms with E-state index in [4.69, 9.17) is 14.2 Å². The Balaban J connectivity index is 2.02. The Hall–Kier alpha value is -1.65. The normalized spacial score (nSPS) is 10.0. The molecule has 1 rings (SSSR count). The second-order valence-corrected chi connectivity index (χ2v) is 3.56. The zero-order valence-electron chi connectivity index (χ0n) is 10.3. The lowest BCUT2D eigenvalue weighted by atomic mass is 10.2. The van der Waals surface area contributed by atoms with E-state index in [1.54, 1.807) is 6.08 Å². The fourth-order valence-corrected chi connectivity index (χ4v) is 1.22. The summed E-state index contributed by atoms with van der Waals surface area (Å²) in [6, 6.07) is 9.51. The average Bonchev–Trinajstić information content (AvgIpc) is 2.41. The fraction of sp³-hybridized carbons (Fsp3) is 0.357. The van der Waals surface area contributed by atoms with Crippen molar-refractivity contribution in [3.8, 4) is 0 Å². The van der Waals surface area contributed by atoms with Crippen molar-refractivity contribution >= 4 is 5.97 Å². The fourth-order valence-electron chi connectivity index (χ4n) is 1.22. The van der Waals surface area contributed by atoms with Gasteiger partial charge < -0.3 is 14.2 Å². The van der Waals surface area contributed by atoms with Gasteiger partial charge in [-0.2, -0.15) is 0 Å². The molecule has 1 aromatic rings. The summed E-state index contributed by atoms with van der Waals surface area (Å²) >= 11 is 0. The zero-order chi connectivity index (χ0) is 13.1. The van der Waals surface area contributed by atoms with Crippen LogP contribution in [0.5, 0.6) is 0 Å². The molecule has 0 fully saturated rings. The molecule has 0 aliphatic heterocycles. The van der Waals surface area contributed by atoms with Crippen LogP contribution in [0.15, 0.2) is 43.0 Å². The van der Waals surface area contributed by atoms with Gasteiger partial charge in [0.2, 0.25) is 0 Å². The van der Waals surface area contributed by atoms with Crippen molar-refractivity contribution in [2.75, 3.05) is 26.4 Å². The van der Waals surface area contributed by atoms with Gasteiger partial charge in [0.25, 0.3) is 0 Å². The van der Waals surface area contributed by atoms with Crippen LogP contribution in [-0.4, -0.2) is 32.4 Å². The lowest BCUT2D eigenvalue weighted by molar-refractivity contribution is -0.150. The number of esters is 1. The maximum absolute atomic E-state index is 11.3. The third-order valence-electron chi connectivity index (χ3n) is 2.07. The molecule has 0 saturated heterocycles. The van der Waals surface area contributed by atoms with E-state index < -0.39 is 0 Å². The highest BCUT2D eigenvalue weighted by molar-refractivity contribution is 5.70. The Bertz CT molecular complexity index is 348. The van der Waals surface area contributed by atoms with Gasteiger partial charge in [0.15, 0.2) is 0 Å². The highest BCUT2D eigenvalue weighted by Gasteiger charge is 2.03. The number of ether oxygens (including phenoxy) is 3. The summed E-state index contributed by atoms with van der Waals surface area (Å²) in [5.74, 6) is -0.373. The van der Waals surface area contributed by atoms with Crippen LogP contribution in [0.1, 0.15) is 5.56 Å². The first kappa shape index (κ1) is 14.4. The topological polar surface area (TPSA) is 44.8 Å². The molecule has 0 spiro atoms. The largest absolute Gasteiger partial charge is 0.459 e. The van der Waals surface area contributed by atoms with Crippen molar-refractivity contribution < 1.29 is 19.0 Å². The maximum atomic E-state index is 11.3. The maximum Gasteiger partial charge on any atom is 0.332 e. The molecule has 0 saturated carbocycles. The summed E-state index contributed by atoms with van der Waals surface area (Å²) in [6.07, 6.45) is 1.66. The second kappa shape index (κ2) is 9.39. The van der Waals surface area contributed by atoms with Crippen molar-refractivity contribution in [1.29, 1.82) is 0 Å². The van der Waals surface area contributed by atoms with E-state index in [0.717, 1.165) is 5.56 Å².